The lowest BCUT2D eigenvalue weighted by atomic mass is 9.95. The van der Waals surface area contributed by atoms with Gasteiger partial charge in [0, 0.05) is 16.6 Å². The largest absolute Gasteiger partial charge is 0.481 e. The number of rotatable bonds is 4. The van der Waals surface area contributed by atoms with Crippen molar-refractivity contribution in [1.82, 2.24) is 9.88 Å². The highest BCUT2D eigenvalue weighted by atomic mass is 35.5. The predicted molar refractivity (Wildman–Crippen MR) is 110 cm³/mol. The number of carboxylic acids is 1. The second-order valence-corrected chi connectivity index (χ2v) is 8.67. The summed E-state index contributed by atoms with van der Waals surface area (Å²) in [5, 5.41) is 11.6. The molecule has 4 nitrogen and oxygen atoms in total. The normalized spacial score (nSPS) is 19.3. The van der Waals surface area contributed by atoms with Crippen LogP contribution in [0.3, 0.4) is 0 Å². The monoisotopic (exact) mass is 420 g/mol. The van der Waals surface area contributed by atoms with Gasteiger partial charge in [-0.25, -0.2) is 4.98 Å². The Morgan fingerprint density at radius 3 is 2.81 bits per heavy atom. The molecule has 2 aromatic carbocycles. The van der Waals surface area contributed by atoms with E-state index in [1.54, 1.807) is 17.4 Å². The minimum absolute atomic E-state index is 0.186. The summed E-state index contributed by atoms with van der Waals surface area (Å²) in [5.74, 6) is -1.12. The van der Waals surface area contributed by atoms with Gasteiger partial charge in [0.15, 0.2) is 0 Å². The number of piperidine rings is 1. The van der Waals surface area contributed by atoms with Crippen molar-refractivity contribution >= 4 is 50.7 Å². The van der Waals surface area contributed by atoms with Crippen LogP contribution in [0.2, 0.25) is 10.0 Å². The third kappa shape index (κ3) is 3.83. The maximum absolute atomic E-state index is 11.6. The van der Waals surface area contributed by atoms with E-state index in [0.29, 0.717) is 23.0 Å². The van der Waals surface area contributed by atoms with Crippen LogP contribution in [0.15, 0.2) is 42.5 Å². The molecular formula is C20H18Cl2N2O2S. The predicted octanol–water partition coefficient (Wildman–Crippen LogP) is 5.49. The Bertz CT molecular complexity index is 958. The maximum atomic E-state index is 11.6. The average Bonchev–Trinajstić information content (AvgIpc) is 3.07. The average molecular weight is 421 g/mol. The van der Waals surface area contributed by atoms with Gasteiger partial charge in [-0.3, -0.25) is 9.69 Å². The van der Waals surface area contributed by atoms with E-state index in [-0.39, 0.29) is 12.0 Å². The van der Waals surface area contributed by atoms with Crippen LogP contribution in [0.4, 0.5) is 0 Å². The maximum Gasteiger partial charge on any atom is 0.307 e. The Morgan fingerprint density at radius 1 is 1.26 bits per heavy atom. The lowest BCUT2D eigenvalue weighted by Gasteiger charge is -2.36. The smallest absolute Gasteiger partial charge is 0.307 e. The minimum Gasteiger partial charge on any atom is -0.481 e. The van der Waals surface area contributed by atoms with E-state index in [4.69, 9.17) is 28.2 Å². The molecule has 0 saturated carbocycles. The standard InChI is InChI=1S/C20H18Cl2N2O2S/c21-13-7-8-14(15(22)10-13)18(24-9-3-4-12(11-24)20(25)26)19-23-16-5-1-2-6-17(16)27-19/h1-2,5-8,10,12,18H,3-4,9,11H2,(H,25,26). The number of thiazole rings is 1. The number of hydrogen-bond acceptors (Lipinski definition) is 4. The van der Waals surface area contributed by atoms with Crippen LogP contribution in [0.25, 0.3) is 10.2 Å². The van der Waals surface area contributed by atoms with Gasteiger partial charge in [0.2, 0.25) is 0 Å². The highest BCUT2D eigenvalue weighted by Gasteiger charge is 2.33. The molecule has 1 fully saturated rings. The number of fused-ring (bicyclic) bond motifs is 1. The van der Waals surface area contributed by atoms with Crippen molar-refractivity contribution in [2.24, 2.45) is 5.92 Å². The molecule has 2 heterocycles. The first-order chi connectivity index (χ1) is 13.0. The fraction of sp³-hybridized carbons (Fsp3) is 0.300. The summed E-state index contributed by atoms with van der Waals surface area (Å²) in [5.41, 5.74) is 1.85. The molecule has 2 unspecified atom stereocenters. The second kappa shape index (κ2) is 7.76. The summed E-state index contributed by atoms with van der Waals surface area (Å²) in [6, 6.07) is 13.3. The van der Waals surface area contributed by atoms with Crippen molar-refractivity contribution in [3.8, 4) is 0 Å². The van der Waals surface area contributed by atoms with E-state index in [0.717, 1.165) is 33.8 Å². The van der Waals surface area contributed by atoms with Crippen molar-refractivity contribution in [2.75, 3.05) is 13.1 Å². The van der Waals surface area contributed by atoms with Crippen molar-refractivity contribution in [3.63, 3.8) is 0 Å². The Labute approximate surface area is 171 Å². The van der Waals surface area contributed by atoms with E-state index in [1.807, 2.05) is 36.4 Å². The second-order valence-electron chi connectivity index (χ2n) is 6.76. The van der Waals surface area contributed by atoms with Crippen molar-refractivity contribution < 1.29 is 9.90 Å². The van der Waals surface area contributed by atoms with Gasteiger partial charge in [0.1, 0.15) is 5.01 Å². The Kier molecular flexibility index (Phi) is 5.37. The molecule has 0 bridgehead atoms. The van der Waals surface area contributed by atoms with E-state index in [1.165, 1.54) is 0 Å². The number of carboxylic acid groups (broad SMARTS) is 1. The molecule has 0 amide bonds. The summed E-state index contributed by atoms with van der Waals surface area (Å²) in [6.07, 6.45) is 1.54. The van der Waals surface area contributed by atoms with Gasteiger partial charge >= 0.3 is 5.97 Å². The molecule has 0 aliphatic carbocycles. The summed E-state index contributed by atoms with van der Waals surface area (Å²) < 4.78 is 1.11. The summed E-state index contributed by atoms with van der Waals surface area (Å²) >= 11 is 14.3. The Balaban J connectivity index is 1.80. The number of aromatic nitrogens is 1. The van der Waals surface area contributed by atoms with Gasteiger partial charge < -0.3 is 5.11 Å². The molecular weight excluding hydrogens is 403 g/mol. The molecule has 7 heteroatoms. The lowest BCUT2D eigenvalue weighted by Crippen LogP contribution is -2.41. The number of aliphatic carboxylic acids is 1. The zero-order valence-electron chi connectivity index (χ0n) is 14.4. The molecule has 2 atom stereocenters. The van der Waals surface area contributed by atoms with E-state index in [9.17, 15) is 9.90 Å². The highest BCUT2D eigenvalue weighted by molar-refractivity contribution is 7.18. The summed E-state index contributed by atoms with van der Waals surface area (Å²) in [6.45, 7) is 1.29. The number of nitrogens with zero attached hydrogens (tertiary/aromatic N) is 2. The quantitative estimate of drug-likeness (QED) is 0.605. The van der Waals surface area contributed by atoms with Crippen LogP contribution in [0, 0.1) is 5.92 Å². The summed E-state index contributed by atoms with van der Waals surface area (Å²) in [4.78, 5) is 18.6. The van der Waals surface area contributed by atoms with Crippen molar-refractivity contribution in [2.45, 2.75) is 18.9 Å². The molecule has 1 aliphatic heterocycles. The zero-order valence-corrected chi connectivity index (χ0v) is 16.8. The molecule has 1 aromatic heterocycles. The van der Waals surface area contributed by atoms with E-state index in [2.05, 4.69) is 4.90 Å². The molecule has 1 aliphatic rings. The van der Waals surface area contributed by atoms with Crippen LogP contribution < -0.4 is 0 Å². The number of likely N-dealkylation sites (tertiary alicyclic amines) is 1. The van der Waals surface area contributed by atoms with E-state index < -0.39 is 5.97 Å². The molecule has 1 N–H and O–H groups in total. The van der Waals surface area contributed by atoms with Crippen LogP contribution in [-0.4, -0.2) is 34.0 Å². The Morgan fingerprint density at radius 2 is 2.07 bits per heavy atom. The molecule has 1 saturated heterocycles. The third-order valence-corrected chi connectivity index (χ3v) is 6.62. The molecule has 27 heavy (non-hydrogen) atoms. The van der Waals surface area contributed by atoms with Gasteiger partial charge in [-0.1, -0.05) is 41.4 Å². The fourth-order valence-corrected chi connectivity index (χ4v) is 5.29. The topological polar surface area (TPSA) is 53.4 Å². The van der Waals surface area contributed by atoms with Crippen LogP contribution >= 0.6 is 34.5 Å². The third-order valence-electron chi connectivity index (χ3n) is 4.97. The van der Waals surface area contributed by atoms with Crippen molar-refractivity contribution in [1.29, 1.82) is 0 Å². The fourth-order valence-electron chi connectivity index (χ4n) is 3.66. The first-order valence-corrected chi connectivity index (χ1v) is 10.4. The molecule has 140 valence electrons. The highest BCUT2D eigenvalue weighted by Crippen LogP contribution is 2.39. The molecule has 0 spiro atoms. The molecule has 4 rings (SSSR count). The Hall–Kier alpha value is -1.66. The number of halogens is 2. The van der Waals surface area contributed by atoms with E-state index >= 15 is 0 Å². The molecule has 0 radical (unpaired) electrons. The number of para-hydroxylation sites is 1. The minimum atomic E-state index is -0.745. The number of benzene rings is 2. The van der Waals surface area contributed by atoms with Gasteiger partial charge in [-0.15, -0.1) is 11.3 Å². The van der Waals surface area contributed by atoms with Crippen LogP contribution in [0.5, 0.6) is 0 Å². The lowest BCUT2D eigenvalue weighted by molar-refractivity contribution is -0.143. The van der Waals surface area contributed by atoms with Gasteiger partial charge in [-0.2, -0.15) is 0 Å². The van der Waals surface area contributed by atoms with Crippen LogP contribution in [-0.2, 0) is 4.79 Å². The van der Waals surface area contributed by atoms with Gasteiger partial charge in [0.05, 0.1) is 22.2 Å². The first-order valence-electron chi connectivity index (χ1n) is 8.80. The summed E-state index contributed by atoms with van der Waals surface area (Å²) in [7, 11) is 0. The van der Waals surface area contributed by atoms with Crippen molar-refractivity contribution in [3.05, 3.63) is 63.1 Å². The first kappa shape index (κ1) is 18.7. The SMILES string of the molecule is O=C(O)C1CCCN(C(c2nc3ccccc3s2)c2ccc(Cl)cc2Cl)C1. The van der Waals surface area contributed by atoms with Crippen LogP contribution in [0.1, 0.15) is 29.5 Å². The van der Waals surface area contributed by atoms with Gasteiger partial charge in [0.25, 0.3) is 0 Å². The molecule has 3 aromatic rings. The number of carbonyl (C=O) groups is 1. The number of hydrogen-bond donors (Lipinski definition) is 1. The zero-order chi connectivity index (χ0) is 19.0. The van der Waals surface area contributed by atoms with Gasteiger partial charge in [-0.05, 0) is 49.2 Å².